The molecular weight excluding hydrogens is 339 g/mol. The fraction of sp³-hybridized carbons (Fsp3) is 0.500. The van der Waals surface area contributed by atoms with Crippen LogP contribution in [0.4, 0.5) is 10.1 Å². The Morgan fingerprint density at radius 3 is 2.54 bits per heavy atom. The smallest absolute Gasteiger partial charge is 0.233 e. The first-order chi connectivity index (χ1) is 11.5. The third kappa shape index (κ3) is 3.85. The van der Waals surface area contributed by atoms with Crippen molar-refractivity contribution in [1.82, 2.24) is 4.90 Å². The van der Waals surface area contributed by atoms with E-state index < -0.39 is 17.5 Å². The van der Waals surface area contributed by atoms with Gasteiger partial charge in [-0.25, -0.2) is 4.39 Å². The molecule has 1 spiro atoms. The molecule has 1 N–H and O–H groups in total. The average molecular weight is 357 g/mol. The monoisotopic (exact) mass is 356 g/mol. The van der Waals surface area contributed by atoms with Gasteiger partial charge in [-0.05, 0) is 18.2 Å². The molecule has 0 atom stereocenters. The number of ether oxygens (including phenoxy) is 2. The van der Waals surface area contributed by atoms with E-state index in [4.69, 9.17) is 21.1 Å². The van der Waals surface area contributed by atoms with E-state index in [1.54, 1.807) is 4.90 Å². The number of benzene rings is 1. The number of carbonyl (C=O) groups is 2. The molecule has 24 heavy (non-hydrogen) atoms. The summed E-state index contributed by atoms with van der Waals surface area (Å²) in [6.07, 6.45) is 0.936. The van der Waals surface area contributed by atoms with Crippen molar-refractivity contribution in [3.8, 4) is 0 Å². The van der Waals surface area contributed by atoms with Crippen molar-refractivity contribution in [1.29, 1.82) is 0 Å². The molecule has 8 heteroatoms. The zero-order chi connectivity index (χ0) is 17.2. The van der Waals surface area contributed by atoms with Crippen LogP contribution >= 0.6 is 11.6 Å². The molecule has 1 aromatic rings. The Morgan fingerprint density at radius 1 is 1.25 bits per heavy atom. The van der Waals surface area contributed by atoms with Crippen molar-refractivity contribution in [2.75, 3.05) is 31.6 Å². The number of likely N-dealkylation sites (tertiary alicyclic amines) is 1. The summed E-state index contributed by atoms with van der Waals surface area (Å²) in [7, 11) is 0. The van der Waals surface area contributed by atoms with Gasteiger partial charge in [0.25, 0.3) is 0 Å². The molecule has 2 amide bonds. The third-order valence-electron chi connectivity index (χ3n) is 4.21. The lowest BCUT2D eigenvalue weighted by atomic mass is 10.0. The number of hydrogen-bond donors (Lipinski definition) is 1. The fourth-order valence-electron chi connectivity index (χ4n) is 2.91. The second-order valence-corrected chi connectivity index (χ2v) is 6.25. The van der Waals surface area contributed by atoms with E-state index in [1.807, 2.05) is 0 Å². The number of hydrogen-bond acceptors (Lipinski definition) is 4. The quantitative estimate of drug-likeness (QED) is 0.843. The van der Waals surface area contributed by atoms with E-state index in [0.29, 0.717) is 44.8 Å². The molecule has 0 aliphatic carbocycles. The Morgan fingerprint density at radius 2 is 1.92 bits per heavy atom. The van der Waals surface area contributed by atoms with Crippen LogP contribution in [0.3, 0.4) is 0 Å². The lowest BCUT2D eigenvalue weighted by Gasteiger charge is -2.37. The molecule has 1 aromatic carbocycles. The minimum absolute atomic E-state index is 0.0861. The van der Waals surface area contributed by atoms with Gasteiger partial charge in [0, 0.05) is 31.6 Å². The van der Waals surface area contributed by atoms with E-state index >= 15 is 0 Å². The molecule has 130 valence electrons. The van der Waals surface area contributed by atoms with Crippen LogP contribution in [0.5, 0.6) is 0 Å². The van der Waals surface area contributed by atoms with Gasteiger partial charge >= 0.3 is 0 Å². The highest BCUT2D eigenvalue weighted by atomic mass is 35.5. The summed E-state index contributed by atoms with van der Waals surface area (Å²) in [6, 6.07) is 3.85. The number of nitrogens with one attached hydrogen (secondary N) is 1. The molecule has 2 fully saturated rings. The Balaban J connectivity index is 1.49. The minimum Gasteiger partial charge on any atom is -0.347 e. The zero-order valence-corrected chi connectivity index (χ0v) is 13.8. The van der Waals surface area contributed by atoms with Crippen LogP contribution in [0.1, 0.15) is 19.3 Å². The average Bonchev–Trinajstić information content (AvgIpc) is 2.99. The SMILES string of the molecule is O=C(CC(=O)N1CCC2(CC1)OCCO2)Nc1ccc(F)c(Cl)c1. The van der Waals surface area contributed by atoms with Crippen LogP contribution in [0.2, 0.25) is 5.02 Å². The lowest BCUT2D eigenvalue weighted by Crippen LogP contribution is -2.47. The molecule has 0 unspecified atom stereocenters. The maximum absolute atomic E-state index is 13.1. The first-order valence-corrected chi connectivity index (χ1v) is 8.16. The van der Waals surface area contributed by atoms with E-state index in [1.165, 1.54) is 12.1 Å². The summed E-state index contributed by atoms with van der Waals surface area (Å²) in [5.41, 5.74) is 0.351. The van der Waals surface area contributed by atoms with Crippen LogP contribution in [0.25, 0.3) is 0 Å². The maximum Gasteiger partial charge on any atom is 0.233 e. The maximum atomic E-state index is 13.1. The predicted octanol–water partition coefficient (Wildman–Crippen LogP) is 2.17. The van der Waals surface area contributed by atoms with Crippen molar-refractivity contribution in [2.24, 2.45) is 0 Å². The van der Waals surface area contributed by atoms with Gasteiger partial charge in [0.1, 0.15) is 12.2 Å². The summed E-state index contributed by atoms with van der Waals surface area (Å²) in [5, 5.41) is 2.46. The highest BCUT2D eigenvalue weighted by molar-refractivity contribution is 6.31. The van der Waals surface area contributed by atoms with E-state index in [-0.39, 0.29) is 17.4 Å². The molecular formula is C16H18ClFN2O4. The number of nitrogens with zero attached hydrogens (tertiary/aromatic N) is 1. The summed E-state index contributed by atoms with van der Waals surface area (Å²) in [4.78, 5) is 25.8. The number of amides is 2. The standard InChI is InChI=1S/C16H18ClFN2O4/c17-12-9-11(1-2-13(12)18)19-14(21)10-15(22)20-5-3-16(4-6-20)23-7-8-24-16/h1-2,9H,3-8,10H2,(H,19,21). The molecule has 0 saturated carbocycles. The van der Waals surface area contributed by atoms with Crippen molar-refractivity contribution in [3.05, 3.63) is 29.0 Å². The second kappa shape index (κ2) is 7.04. The van der Waals surface area contributed by atoms with Crippen LogP contribution in [0.15, 0.2) is 18.2 Å². The summed E-state index contributed by atoms with van der Waals surface area (Å²) >= 11 is 5.66. The van der Waals surface area contributed by atoms with Gasteiger partial charge in [-0.3, -0.25) is 9.59 Å². The topological polar surface area (TPSA) is 67.9 Å². The Kier molecular flexibility index (Phi) is 5.03. The normalized spacial score (nSPS) is 19.5. The minimum atomic E-state index is -0.565. The van der Waals surface area contributed by atoms with Gasteiger partial charge in [-0.1, -0.05) is 11.6 Å². The van der Waals surface area contributed by atoms with Crippen molar-refractivity contribution in [2.45, 2.75) is 25.0 Å². The van der Waals surface area contributed by atoms with Gasteiger partial charge < -0.3 is 19.7 Å². The highest BCUT2D eigenvalue weighted by Gasteiger charge is 2.40. The molecule has 0 bridgehead atoms. The predicted molar refractivity (Wildman–Crippen MR) is 85.1 cm³/mol. The molecule has 0 aromatic heterocycles. The Hall–Kier alpha value is -1.70. The highest BCUT2D eigenvalue weighted by Crippen LogP contribution is 2.31. The summed E-state index contributed by atoms with van der Waals surface area (Å²) < 4.78 is 24.3. The molecule has 2 aliphatic heterocycles. The third-order valence-corrected chi connectivity index (χ3v) is 4.50. The molecule has 2 saturated heterocycles. The van der Waals surface area contributed by atoms with Crippen molar-refractivity contribution >= 4 is 29.1 Å². The van der Waals surface area contributed by atoms with Crippen molar-refractivity contribution in [3.63, 3.8) is 0 Å². The van der Waals surface area contributed by atoms with Crippen LogP contribution in [-0.2, 0) is 19.1 Å². The molecule has 2 aliphatic rings. The van der Waals surface area contributed by atoms with Crippen molar-refractivity contribution < 1.29 is 23.5 Å². The largest absolute Gasteiger partial charge is 0.347 e. The zero-order valence-electron chi connectivity index (χ0n) is 13.0. The van der Waals surface area contributed by atoms with E-state index in [9.17, 15) is 14.0 Å². The Labute approximate surface area is 143 Å². The van der Waals surface area contributed by atoms with Gasteiger partial charge in [0.15, 0.2) is 5.79 Å². The number of anilines is 1. The van der Waals surface area contributed by atoms with Gasteiger partial charge in [0.2, 0.25) is 11.8 Å². The fourth-order valence-corrected chi connectivity index (χ4v) is 3.09. The van der Waals surface area contributed by atoms with Crippen LogP contribution in [-0.4, -0.2) is 48.8 Å². The number of halogens is 2. The molecule has 3 rings (SSSR count). The van der Waals surface area contributed by atoms with Gasteiger partial charge in [-0.15, -0.1) is 0 Å². The first kappa shape index (κ1) is 17.1. The molecule has 6 nitrogen and oxygen atoms in total. The van der Waals surface area contributed by atoms with E-state index in [2.05, 4.69) is 5.32 Å². The number of carbonyl (C=O) groups excluding carboxylic acids is 2. The molecule has 0 radical (unpaired) electrons. The molecule has 2 heterocycles. The van der Waals surface area contributed by atoms with Crippen LogP contribution < -0.4 is 5.32 Å². The number of piperidine rings is 1. The van der Waals surface area contributed by atoms with E-state index in [0.717, 1.165) is 6.07 Å². The second-order valence-electron chi connectivity index (χ2n) is 5.84. The summed E-state index contributed by atoms with van der Waals surface area (Å²) in [5.74, 6) is -1.83. The van der Waals surface area contributed by atoms with Gasteiger partial charge in [0.05, 0.1) is 18.2 Å². The van der Waals surface area contributed by atoms with Crippen LogP contribution in [0, 0.1) is 5.82 Å². The Bertz CT molecular complexity index is 639. The first-order valence-electron chi connectivity index (χ1n) is 7.78. The van der Waals surface area contributed by atoms with Gasteiger partial charge in [-0.2, -0.15) is 0 Å². The number of rotatable bonds is 3. The summed E-state index contributed by atoms with van der Waals surface area (Å²) in [6.45, 7) is 2.15. The lowest BCUT2D eigenvalue weighted by molar-refractivity contribution is -0.187.